The van der Waals surface area contributed by atoms with Crippen molar-refractivity contribution in [2.24, 2.45) is 0 Å². The van der Waals surface area contributed by atoms with Gasteiger partial charge in [0.2, 0.25) is 0 Å². The molecule has 1 unspecified atom stereocenters. The number of carboxylic acid groups (broad SMARTS) is 1. The fraction of sp³-hybridized carbons (Fsp3) is 0.833. The Kier molecular flexibility index (Phi) is 2.84. The van der Waals surface area contributed by atoms with Gasteiger partial charge in [-0.25, -0.2) is 0 Å². The summed E-state index contributed by atoms with van der Waals surface area (Å²) in [5.41, 5.74) is 0. The predicted molar refractivity (Wildman–Crippen MR) is 31.7 cm³/mol. The van der Waals surface area contributed by atoms with Crippen LogP contribution >= 0.6 is 0 Å². The maximum Gasteiger partial charge on any atom is 0.124 e. The Bertz CT molecular complexity index is 205. The zero-order valence-electron chi connectivity index (χ0n) is 6.36. The van der Waals surface area contributed by atoms with Crippen molar-refractivity contribution in [1.82, 2.24) is 0 Å². The average molecular weight is 192 g/mol. The molecule has 3 N–H and O–H groups in total. The first kappa shape index (κ1) is 10.4. The third kappa shape index (κ3) is 1.79. The van der Waals surface area contributed by atoms with E-state index in [0.29, 0.717) is 0 Å². The fourth-order valence-corrected chi connectivity index (χ4v) is 1.04. The van der Waals surface area contributed by atoms with Crippen molar-refractivity contribution >= 4 is 5.97 Å². The molecule has 76 valence electrons. The highest BCUT2D eigenvalue weighted by Gasteiger charge is 2.39. The molecule has 0 aromatic rings. The first-order chi connectivity index (χ1) is 5.95. The van der Waals surface area contributed by atoms with Crippen LogP contribution in [0.25, 0.3) is 0 Å². The van der Waals surface area contributed by atoms with E-state index >= 15 is 0 Å². The number of rotatable bonds is 1. The van der Waals surface area contributed by atoms with Crippen LogP contribution in [0.3, 0.4) is 0 Å². The molecule has 13 heavy (non-hydrogen) atoms. The number of ether oxygens (including phenoxy) is 1. The average Bonchev–Trinajstić information content (AvgIpc) is 2.07. The zero-order chi connectivity index (χ0) is 10.2. The summed E-state index contributed by atoms with van der Waals surface area (Å²) < 4.78 is 4.17. The number of aliphatic hydroxyl groups excluding tert-OH is 3. The van der Waals surface area contributed by atoms with Crippen molar-refractivity contribution in [2.75, 3.05) is 0 Å². The van der Waals surface area contributed by atoms with Crippen LogP contribution < -0.4 is 10.2 Å². The molecule has 1 heterocycles. The zero-order valence-corrected chi connectivity index (χ0v) is 6.36. The standard InChI is InChI=1S/C6H9O7/c7-1-2(8)4(5(10)11)13-6(12)3(1)9/h1-4,6-9H,(H,10,11)/q-1/p-1/t1-,2-,3+,4-,6?/m0/s1. The summed E-state index contributed by atoms with van der Waals surface area (Å²) in [5.74, 6) is -1.81. The predicted octanol–water partition coefficient (Wildman–Crippen LogP) is -5.10. The van der Waals surface area contributed by atoms with Crippen LogP contribution in [0.1, 0.15) is 0 Å². The van der Waals surface area contributed by atoms with Crippen molar-refractivity contribution in [3.63, 3.8) is 0 Å². The highest BCUT2D eigenvalue weighted by atomic mass is 16.6. The number of carboxylic acids is 1. The van der Waals surface area contributed by atoms with Gasteiger partial charge in [0.1, 0.15) is 18.3 Å². The van der Waals surface area contributed by atoms with Gasteiger partial charge < -0.3 is 35.1 Å². The molecular weight excluding hydrogens is 184 g/mol. The van der Waals surface area contributed by atoms with Gasteiger partial charge in [-0.2, -0.15) is 0 Å². The highest BCUT2D eigenvalue weighted by molar-refractivity contribution is 5.71. The summed E-state index contributed by atoms with van der Waals surface area (Å²) in [7, 11) is 0. The maximum atomic E-state index is 10.7. The smallest absolute Gasteiger partial charge is 0.124 e. The largest absolute Gasteiger partial charge is 0.829 e. The lowest BCUT2D eigenvalue weighted by Crippen LogP contribution is -2.65. The molecule has 1 saturated heterocycles. The van der Waals surface area contributed by atoms with Crippen LogP contribution in [0.15, 0.2) is 0 Å². The van der Waals surface area contributed by atoms with Crippen LogP contribution in [0, 0.1) is 0 Å². The quantitative estimate of drug-likeness (QED) is 0.378. The normalized spacial score (nSPS) is 46.0. The van der Waals surface area contributed by atoms with Crippen LogP contribution in [0.5, 0.6) is 0 Å². The van der Waals surface area contributed by atoms with Crippen molar-refractivity contribution in [3.8, 4) is 0 Å². The van der Waals surface area contributed by atoms with E-state index in [4.69, 9.17) is 15.3 Å². The molecule has 0 spiro atoms. The number of hydrogen-bond donors (Lipinski definition) is 3. The van der Waals surface area contributed by atoms with E-state index in [1.807, 2.05) is 0 Å². The summed E-state index contributed by atoms with van der Waals surface area (Å²) in [6, 6.07) is 0. The molecule has 0 aromatic heterocycles. The summed E-state index contributed by atoms with van der Waals surface area (Å²) >= 11 is 0. The summed E-state index contributed by atoms with van der Waals surface area (Å²) in [6.45, 7) is 0. The van der Waals surface area contributed by atoms with E-state index in [1.54, 1.807) is 0 Å². The molecule has 5 atom stereocenters. The third-order valence-corrected chi connectivity index (χ3v) is 1.80. The minimum Gasteiger partial charge on any atom is -0.829 e. The van der Waals surface area contributed by atoms with Crippen molar-refractivity contribution in [1.29, 1.82) is 0 Å². The lowest BCUT2D eigenvalue weighted by atomic mass is 9.99. The second kappa shape index (κ2) is 3.56. The molecule has 0 amide bonds. The molecular formula is C6H8O7-2. The van der Waals surface area contributed by atoms with E-state index in [0.717, 1.165) is 0 Å². The molecule has 1 aliphatic heterocycles. The number of carbonyl (C=O) groups excluding carboxylic acids is 1. The Morgan fingerprint density at radius 3 is 2.15 bits per heavy atom. The Balaban J connectivity index is 2.76. The minimum atomic E-state index is -2.10. The van der Waals surface area contributed by atoms with Crippen molar-refractivity contribution in [2.45, 2.75) is 30.7 Å². The topological polar surface area (TPSA) is 133 Å². The van der Waals surface area contributed by atoms with Gasteiger partial charge in [-0.05, 0) is 0 Å². The van der Waals surface area contributed by atoms with E-state index in [2.05, 4.69) is 4.74 Å². The fourth-order valence-electron chi connectivity index (χ4n) is 1.04. The summed E-state index contributed by atoms with van der Waals surface area (Å²) in [4.78, 5) is 10.2. The number of hydrogen-bond acceptors (Lipinski definition) is 7. The second-order valence-corrected chi connectivity index (χ2v) is 2.72. The van der Waals surface area contributed by atoms with Gasteiger partial charge in [-0.3, -0.25) is 0 Å². The van der Waals surface area contributed by atoms with E-state index < -0.39 is 36.7 Å². The molecule has 1 rings (SSSR count). The number of aliphatic carboxylic acids is 1. The summed E-state index contributed by atoms with van der Waals surface area (Å²) in [6.07, 6.45) is -9.53. The van der Waals surface area contributed by atoms with E-state index in [-0.39, 0.29) is 0 Å². The number of aliphatic hydroxyl groups is 3. The molecule has 0 aliphatic carbocycles. The number of carbonyl (C=O) groups is 1. The van der Waals surface area contributed by atoms with Crippen LogP contribution in [-0.4, -0.2) is 52.0 Å². The third-order valence-electron chi connectivity index (χ3n) is 1.80. The maximum absolute atomic E-state index is 10.7. The first-order valence-corrected chi connectivity index (χ1v) is 3.51. The second-order valence-electron chi connectivity index (χ2n) is 2.72. The Labute approximate surface area is 72.8 Å². The monoisotopic (exact) mass is 192 g/mol. The Morgan fingerprint density at radius 1 is 1.15 bits per heavy atom. The van der Waals surface area contributed by atoms with Gasteiger partial charge in [0.05, 0.1) is 12.1 Å². The van der Waals surface area contributed by atoms with Gasteiger partial charge in [0.15, 0.2) is 0 Å². The SMILES string of the molecule is O=C([O-])[C@H]1OC([O-])[C@H](O)[C@@H](O)[C@@H]1O. The van der Waals surface area contributed by atoms with Crippen LogP contribution in [0.2, 0.25) is 0 Å². The highest BCUT2D eigenvalue weighted by Crippen LogP contribution is 2.17. The molecule has 1 aliphatic rings. The van der Waals surface area contributed by atoms with Crippen molar-refractivity contribution < 1.29 is 35.1 Å². The van der Waals surface area contributed by atoms with E-state index in [9.17, 15) is 15.0 Å². The molecule has 0 radical (unpaired) electrons. The summed E-state index contributed by atoms with van der Waals surface area (Å²) in [5, 5.41) is 47.8. The van der Waals surface area contributed by atoms with Gasteiger partial charge in [0, 0.05) is 6.29 Å². The van der Waals surface area contributed by atoms with Gasteiger partial charge in [0.25, 0.3) is 0 Å². The Morgan fingerprint density at radius 2 is 1.69 bits per heavy atom. The van der Waals surface area contributed by atoms with Gasteiger partial charge in [-0.15, -0.1) is 0 Å². The molecule has 0 saturated carbocycles. The molecule has 0 aromatic carbocycles. The molecule has 0 bridgehead atoms. The van der Waals surface area contributed by atoms with Crippen LogP contribution in [0.4, 0.5) is 0 Å². The molecule has 7 nitrogen and oxygen atoms in total. The van der Waals surface area contributed by atoms with Gasteiger partial charge >= 0.3 is 0 Å². The lowest BCUT2D eigenvalue weighted by Gasteiger charge is -2.44. The lowest BCUT2D eigenvalue weighted by molar-refractivity contribution is -0.532. The van der Waals surface area contributed by atoms with Gasteiger partial charge in [-0.1, -0.05) is 0 Å². The van der Waals surface area contributed by atoms with Crippen LogP contribution in [-0.2, 0) is 9.53 Å². The first-order valence-electron chi connectivity index (χ1n) is 3.51. The Hall–Kier alpha value is -0.730. The van der Waals surface area contributed by atoms with E-state index in [1.165, 1.54) is 0 Å². The minimum absolute atomic E-state index is 1.81. The molecule has 1 fully saturated rings. The molecule has 7 heteroatoms. The van der Waals surface area contributed by atoms with Crippen molar-refractivity contribution in [3.05, 3.63) is 0 Å².